The van der Waals surface area contributed by atoms with Gasteiger partial charge in [0, 0.05) is 6.04 Å². The van der Waals surface area contributed by atoms with Crippen LogP contribution < -0.4 is 14.2 Å². The van der Waals surface area contributed by atoms with Gasteiger partial charge in [-0.2, -0.15) is 0 Å². The maximum atomic E-state index is 12.7. The summed E-state index contributed by atoms with van der Waals surface area (Å²) in [7, 11) is -0.515. The summed E-state index contributed by atoms with van der Waals surface area (Å²) in [6.07, 6.45) is 0.627. The first-order valence-electron chi connectivity index (χ1n) is 7.82. The largest absolute Gasteiger partial charge is 0.496 e. The van der Waals surface area contributed by atoms with Crippen LogP contribution in [0.1, 0.15) is 30.5 Å². The van der Waals surface area contributed by atoms with Gasteiger partial charge in [0.2, 0.25) is 10.0 Å². The molecule has 2 aromatic rings. The number of hydrogen-bond acceptors (Lipinski definition) is 4. The van der Waals surface area contributed by atoms with Crippen LogP contribution in [-0.4, -0.2) is 22.6 Å². The first-order chi connectivity index (χ1) is 11.8. The van der Waals surface area contributed by atoms with Gasteiger partial charge in [0.05, 0.1) is 23.6 Å². The molecule has 136 valence electrons. The monoisotopic (exact) mass is 427 g/mol. The fraction of sp³-hybridized carbons (Fsp3) is 0.333. The summed E-state index contributed by atoms with van der Waals surface area (Å²) >= 11 is 3.32. The molecule has 2 rings (SSSR count). The van der Waals surface area contributed by atoms with Crippen LogP contribution in [0.4, 0.5) is 0 Å². The highest BCUT2D eigenvalue weighted by Gasteiger charge is 2.21. The normalized spacial score (nSPS) is 12.7. The van der Waals surface area contributed by atoms with Gasteiger partial charge in [0.15, 0.2) is 0 Å². The number of sulfonamides is 1. The minimum absolute atomic E-state index is 0.184. The Bertz CT molecular complexity index is 852. The highest BCUT2D eigenvalue weighted by atomic mass is 79.9. The average Bonchev–Trinajstić information content (AvgIpc) is 2.59. The number of rotatable bonds is 7. The number of nitrogens with one attached hydrogen (secondary N) is 1. The van der Waals surface area contributed by atoms with Crippen LogP contribution in [0.25, 0.3) is 0 Å². The second-order valence-corrected chi connectivity index (χ2v) is 8.18. The Balaban J connectivity index is 2.31. The number of ether oxygens (including phenoxy) is 2. The van der Waals surface area contributed by atoms with Crippen molar-refractivity contribution in [3.8, 4) is 11.5 Å². The van der Waals surface area contributed by atoms with E-state index in [0.29, 0.717) is 16.6 Å². The van der Waals surface area contributed by atoms with Gasteiger partial charge >= 0.3 is 0 Å². The van der Waals surface area contributed by atoms with Crippen LogP contribution in [0.15, 0.2) is 45.8 Å². The maximum absolute atomic E-state index is 12.7. The number of aryl methyl sites for hydroxylation is 1. The molecule has 0 aliphatic carbocycles. The van der Waals surface area contributed by atoms with E-state index in [4.69, 9.17) is 9.47 Å². The average molecular weight is 428 g/mol. The zero-order chi connectivity index (χ0) is 18.6. The lowest BCUT2D eigenvalue weighted by atomic mass is 10.0. The Morgan fingerprint density at radius 3 is 2.24 bits per heavy atom. The van der Waals surface area contributed by atoms with Crippen LogP contribution in [0.3, 0.4) is 0 Å². The Hall–Kier alpha value is -1.57. The molecule has 0 aliphatic heterocycles. The molecule has 0 fully saturated rings. The Morgan fingerprint density at radius 2 is 1.72 bits per heavy atom. The molecule has 1 N–H and O–H groups in total. The van der Waals surface area contributed by atoms with Crippen molar-refractivity contribution in [3.63, 3.8) is 0 Å². The van der Waals surface area contributed by atoms with Crippen molar-refractivity contribution in [3.05, 3.63) is 52.0 Å². The third-order valence-corrected chi connectivity index (χ3v) is 6.05. The second-order valence-electron chi connectivity index (χ2n) is 5.61. The highest BCUT2D eigenvalue weighted by molar-refractivity contribution is 9.10. The summed E-state index contributed by atoms with van der Waals surface area (Å²) in [5.41, 5.74) is 1.86. The zero-order valence-corrected chi connectivity index (χ0v) is 17.1. The minimum atomic E-state index is -3.66. The van der Waals surface area contributed by atoms with Crippen molar-refractivity contribution in [1.29, 1.82) is 0 Å². The van der Waals surface area contributed by atoms with Crippen molar-refractivity contribution in [2.45, 2.75) is 31.2 Å². The van der Waals surface area contributed by atoms with Crippen molar-refractivity contribution in [1.82, 2.24) is 4.72 Å². The Labute approximate surface area is 157 Å². The molecular weight excluding hydrogens is 406 g/mol. The van der Waals surface area contributed by atoms with E-state index in [1.54, 1.807) is 13.2 Å². The molecular formula is C18H22BrNO4S. The SMILES string of the molecule is CCC(NS(=O)(=O)c1ccc(OC)c(Br)c1)c1ccc(OC)c(C)c1. The maximum Gasteiger partial charge on any atom is 0.241 e. The smallest absolute Gasteiger partial charge is 0.241 e. The first kappa shape index (κ1) is 19.8. The van der Waals surface area contributed by atoms with Gasteiger partial charge in [-0.1, -0.05) is 19.1 Å². The molecule has 0 aromatic heterocycles. The molecule has 0 radical (unpaired) electrons. The predicted molar refractivity (Wildman–Crippen MR) is 102 cm³/mol. The van der Waals surface area contributed by atoms with E-state index in [1.807, 2.05) is 32.0 Å². The van der Waals surface area contributed by atoms with E-state index in [0.717, 1.165) is 16.9 Å². The summed E-state index contributed by atoms with van der Waals surface area (Å²) in [5, 5.41) is 0. The number of benzene rings is 2. The van der Waals surface area contributed by atoms with Crippen molar-refractivity contribution in [2.75, 3.05) is 14.2 Å². The zero-order valence-electron chi connectivity index (χ0n) is 14.7. The molecule has 0 saturated heterocycles. The molecule has 7 heteroatoms. The Kier molecular flexibility index (Phi) is 6.48. The molecule has 2 aromatic carbocycles. The fourth-order valence-corrected chi connectivity index (χ4v) is 4.60. The van der Waals surface area contributed by atoms with Crippen LogP contribution in [0.2, 0.25) is 0 Å². The van der Waals surface area contributed by atoms with Crippen molar-refractivity contribution >= 4 is 26.0 Å². The number of methoxy groups -OCH3 is 2. The third kappa shape index (κ3) is 4.54. The lowest BCUT2D eigenvalue weighted by Crippen LogP contribution is -2.28. The highest BCUT2D eigenvalue weighted by Crippen LogP contribution is 2.29. The minimum Gasteiger partial charge on any atom is -0.496 e. The van der Waals surface area contributed by atoms with Crippen LogP contribution in [-0.2, 0) is 10.0 Å². The first-order valence-corrected chi connectivity index (χ1v) is 10.1. The molecule has 1 atom stereocenters. The van der Waals surface area contributed by atoms with Gasteiger partial charge in [-0.05, 0) is 64.7 Å². The lowest BCUT2D eigenvalue weighted by molar-refractivity contribution is 0.411. The molecule has 0 bridgehead atoms. The molecule has 0 aliphatic rings. The van der Waals surface area contributed by atoms with E-state index in [2.05, 4.69) is 20.7 Å². The van der Waals surface area contributed by atoms with E-state index < -0.39 is 10.0 Å². The van der Waals surface area contributed by atoms with Crippen LogP contribution in [0, 0.1) is 6.92 Å². The summed E-state index contributed by atoms with van der Waals surface area (Å²) in [5.74, 6) is 1.36. The topological polar surface area (TPSA) is 64.6 Å². The quantitative estimate of drug-likeness (QED) is 0.718. The number of hydrogen-bond donors (Lipinski definition) is 1. The van der Waals surface area contributed by atoms with Crippen LogP contribution in [0.5, 0.6) is 11.5 Å². The third-order valence-electron chi connectivity index (χ3n) is 3.96. The van der Waals surface area contributed by atoms with Gasteiger partial charge in [-0.3, -0.25) is 0 Å². The van der Waals surface area contributed by atoms with Gasteiger partial charge in [-0.25, -0.2) is 13.1 Å². The fourth-order valence-electron chi connectivity index (χ4n) is 2.58. The summed E-state index contributed by atoms with van der Waals surface area (Å²) in [4.78, 5) is 0.184. The van der Waals surface area contributed by atoms with Gasteiger partial charge < -0.3 is 9.47 Å². The molecule has 0 heterocycles. The molecule has 0 saturated carbocycles. The van der Waals surface area contributed by atoms with Gasteiger partial charge in [0.1, 0.15) is 11.5 Å². The lowest BCUT2D eigenvalue weighted by Gasteiger charge is -2.19. The molecule has 0 amide bonds. The van der Waals surface area contributed by atoms with Crippen molar-refractivity contribution in [2.24, 2.45) is 0 Å². The van der Waals surface area contributed by atoms with E-state index >= 15 is 0 Å². The standard InChI is InChI=1S/C18H22BrNO4S/c1-5-16(13-6-8-17(23-3)12(2)10-13)20-25(21,22)14-7-9-18(24-4)15(19)11-14/h6-11,16,20H,5H2,1-4H3. The molecule has 25 heavy (non-hydrogen) atoms. The summed E-state index contributed by atoms with van der Waals surface area (Å²) < 4.78 is 39.2. The summed E-state index contributed by atoms with van der Waals surface area (Å²) in [6.45, 7) is 3.88. The van der Waals surface area contributed by atoms with Gasteiger partial charge in [-0.15, -0.1) is 0 Å². The predicted octanol–water partition coefficient (Wildman–Crippen LogP) is 4.20. The molecule has 5 nitrogen and oxygen atoms in total. The summed E-state index contributed by atoms with van der Waals surface area (Å²) in [6, 6.07) is 10.0. The molecule has 1 unspecified atom stereocenters. The van der Waals surface area contributed by atoms with E-state index in [-0.39, 0.29) is 10.9 Å². The molecule has 0 spiro atoms. The van der Waals surface area contributed by atoms with Crippen LogP contribution >= 0.6 is 15.9 Å². The second kappa shape index (κ2) is 8.21. The number of halogens is 1. The van der Waals surface area contributed by atoms with Crippen molar-refractivity contribution < 1.29 is 17.9 Å². The van der Waals surface area contributed by atoms with E-state index in [9.17, 15) is 8.42 Å². The van der Waals surface area contributed by atoms with Gasteiger partial charge in [0.25, 0.3) is 0 Å². The van der Waals surface area contributed by atoms with E-state index in [1.165, 1.54) is 19.2 Å². The Morgan fingerprint density at radius 1 is 1.08 bits per heavy atom.